The zero-order chi connectivity index (χ0) is 7.28. The first-order valence-corrected chi connectivity index (χ1v) is 3.96. The molecule has 0 unspecified atom stereocenters. The van der Waals surface area contributed by atoms with Crippen molar-refractivity contribution in [3.8, 4) is 0 Å². The van der Waals surface area contributed by atoms with Gasteiger partial charge in [-0.3, -0.25) is 4.79 Å². The summed E-state index contributed by atoms with van der Waals surface area (Å²) in [6, 6.07) is 0. The van der Waals surface area contributed by atoms with Gasteiger partial charge in [0.1, 0.15) is 0 Å². The van der Waals surface area contributed by atoms with E-state index in [1.165, 1.54) is 7.05 Å². The normalized spacial score (nSPS) is 9.78. The molecule has 0 atom stereocenters. The lowest BCUT2D eigenvalue weighted by Gasteiger charge is -1.99. The molecule has 0 heterocycles. The van der Waals surface area contributed by atoms with Crippen LogP contribution in [0.25, 0.3) is 0 Å². The van der Waals surface area contributed by atoms with Crippen molar-refractivity contribution in [2.45, 2.75) is 6.42 Å². The molecule has 0 aliphatic heterocycles. The molecule has 0 bridgehead atoms. The summed E-state index contributed by atoms with van der Waals surface area (Å²) in [5.74, 6) is -0.161. The maximum absolute atomic E-state index is 10.4. The zero-order valence-corrected chi connectivity index (χ0v) is 6.06. The summed E-state index contributed by atoms with van der Waals surface area (Å²) in [7, 11) is -0.386. The molecule has 9 heavy (non-hydrogen) atoms. The van der Waals surface area contributed by atoms with E-state index in [0.717, 1.165) is 0 Å². The average Bonchev–Trinajstić information content (AvgIpc) is 1.83. The van der Waals surface area contributed by atoms with Crippen molar-refractivity contribution in [2.24, 2.45) is 0 Å². The molecule has 0 aliphatic rings. The van der Waals surface area contributed by atoms with Gasteiger partial charge in [0, 0.05) is 19.6 Å². The van der Waals surface area contributed by atoms with Gasteiger partial charge in [-0.15, -0.1) is 0 Å². The Morgan fingerprint density at radius 3 is 2.56 bits per heavy atom. The number of rotatable bonds is 3. The van der Waals surface area contributed by atoms with Gasteiger partial charge in [-0.1, -0.05) is 0 Å². The minimum Gasteiger partial charge on any atom is -0.359 e. The molecule has 0 fully saturated rings. The Bertz CT molecular complexity index is 95.8. The van der Waals surface area contributed by atoms with E-state index in [1.54, 1.807) is 0 Å². The Balaban J connectivity index is 3.17. The summed E-state index contributed by atoms with van der Waals surface area (Å²) >= 11 is 0. The van der Waals surface area contributed by atoms with E-state index in [-0.39, 0.29) is 18.5 Å². The standard InChI is InChI=1S/C4H10NO3P/c1-5-4(6)2-3-9(7)8/h7-8H,2-3H2,1H3,(H,5,6). The third kappa shape index (κ3) is 5.69. The first kappa shape index (κ1) is 8.82. The fourth-order valence-corrected chi connectivity index (χ4v) is 0.730. The maximum Gasteiger partial charge on any atom is 0.220 e. The lowest BCUT2D eigenvalue weighted by molar-refractivity contribution is -0.120. The van der Waals surface area contributed by atoms with Gasteiger partial charge < -0.3 is 15.1 Å². The van der Waals surface area contributed by atoms with Gasteiger partial charge in [0.05, 0.1) is 0 Å². The predicted molar refractivity (Wildman–Crippen MR) is 34.9 cm³/mol. The molecule has 0 aromatic carbocycles. The fourth-order valence-electron chi connectivity index (χ4n) is 0.327. The quantitative estimate of drug-likeness (QED) is 0.472. The summed E-state index contributed by atoms with van der Waals surface area (Å²) in [6.45, 7) is 0. The van der Waals surface area contributed by atoms with Crippen LogP contribution in [0.2, 0.25) is 0 Å². The summed E-state index contributed by atoms with van der Waals surface area (Å²) in [5, 5.41) is 2.37. The minimum atomic E-state index is -1.90. The van der Waals surface area contributed by atoms with Crippen LogP contribution in [0, 0.1) is 0 Å². The Morgan fingerprint density at radius 1 is 1.67 bits per heavy atom. The Kier molecular flexibility index (Phi) is 4.58. The summed E-state index contributed by atoms with van der Waals surface area (Å²) in [4.78, 5) is 27.1. The van der Waals surface area contributed by atoms with Crippen LogP contribution in [-0.4, -0.2) is 28.9 Å². The highest BCUT2D eigenvalue weighted by Crippen LogP contribution is 2.22. The number of nitrogens with one attached hydrogen (secondary N) is 1. The average molecular weight is 151 g/mol. The lowest BCUT2D eigenvalue weighted by Crippen LogP contribution is -2.18. The van der Waals surface area contributed by atoms with Crippen LogP contribution in [0.3, 0.4) is 0 Å². The highest BCUT2D eigenvalue weighted by atomic mass is 31.2. The van der Waals surface area contributed by atoms with Crippen molar-refractivity contribution in [3.63, 3.8) is 0 Å². The molecule has 0 aromatic heterocycles. The number of carbonyl (C=O) groups excluding carboxylic acids is 1. The number of hydrogen-bond acceptors (Lipinski definition) is 3. The first-order chi connectivity index (χ1) is 4.16. The second-order valence-electron chi connectivity index (χ2n) is 1.52. The highest BCUT2D eigenvalue weighted by molar-refractivity contribution is 7.45. The molecular formula is C4H10NO3P. The third-order valence-corrected chi connectivity index (χ3v) is 1.44. The van der Waals surface area contributed by atoms with Crippen molar-refractivity contribution in [1.82, 2.24) is 5.32 Å². The van der Waals surface area contributed by atoms with E-state index in [9.17, 15) is 4.79 Å². The lowest BCUT2D eigenvalue weighted by atomic mass is 10.5. The van der Waals surface area contributed by atoms with Crippen LogP contribution in [0.5, 0.6) is 0 Å². The predicted octanol–water partition coefficient (Wildman–Crippen LogP) is -0.581. The van der Waals surface area contributed by atoms with Gasteiger partial charge in [0.2, 0.25) is 5.91 Å². The van der Waals surface area contributed by atoms with Gasteiger partial charge in [-0.25, -0.2) is 0 Å². The van der Waals surface area contributed by atoms with Gasteiger partial charge >= 0.3 is 0 Å². The van der Waals surface area contributed by atoms with Crippen LogP contribution in [0.4, 0.5) is 0 Å². The fraction of sp³-hybridized carbons (Fsp3) is 0.750. The molecule has 3 N–H and O–H groups in total. The second kappa shape index (κ2) is 4.68. The molecule has 1 amide bonds. The van der Waals surface area contributed by atoms with Crippen molar-refractivity contribution >= 4 is 14.3 Å². The largest absolute Gasteiger partial charge is 0.359 e. The first-order valence-electron chi connectivity index (χ1n) is 2.52. The Labute approximate surface area is 54.8 Å². The smallest absolute Gasteiger partial charge is 0.220 e. The number of hydrogen-bond donors (Lipinski definition) is 3. The second-order valence-corrected chi connectivity index (χ2v) is 2.71. The number of amides is 1. The third-order valence-electron chi connectivity index (χ3n) is 0.818. The van der Waals surface area contributed by atoms with E-state index in [0.29, 0.717) is 0 Å². The van der Waals surface area contributed by atoms with E-state index in [1.807, 2.05) is 0 Å². The minimum absolute atomic E-state index is 0.161. The summed E-state index contributed by atoms with van der Waals surface area (Å²) in [5.41, 5.74) is 0. The van der Waals surface area contributed by atoms with Gasteiger partial charge in [-0.2, -0.15) is 0 Å². The van der Waals surface area contributed by atoms with Crippen molar-refractivity contribution < 1.29 is 14.6 Å². The van der Waals surface area contributed by atoms with Crippen molar-refractivity contribution in [2.75, 3.05) is 13.2 Å². The van der Waals surface area contributed by atoms with E-state index in [2.05, 4.69) is 5.32 Å². The number of carbonyl (C=O) groups is 1. The van der Waals surface area contributed by atoms with Crippen molar-refractivity contribution in [3.05, 3.63) is 0 Å². The maximum atomic E-state index is 10.4. The molecule has 0 radical (unpaired) electrons. The van der Waals surface area contributed by atoms with Crippen LogP contribution in [0.15, 0.2) is 0 Å². The molecule has 0 aliphatic carbocycles. The van der Waals surface area contributed by atoms with Gasteiger partial charge in [0.25, 0.3) is 0 Å². The van der Waals surface area contributed by atoms with Crippen LogP contribution >= 0.6 is 8.38 Å². The molecule has 0 aromatic rings. The van der Waals surface area contributed by atoms with Crippen LogP contribution in [0.1, 0.15) is 6.42 Å². The molecule has 54 valence electrons. The molecule has 0 saturated carbocycles. The SMILES string of the molecule is CNC(=O)CCP(O)O. The topological polar surface area (TPSA) is 69.6 Å². The van der Waals surface area contributed by atoms with E-state index < -0.39 is 8.38 Å². The Hall–Kier alpha value is -0.180. The van der Waals surface area contributed by atoms with Gasteiger partial charge in [0.15, 0.2) is 8.38 Å². The van der Waals surface area contributed by atoms with Gasteiger partial charge in [-0.05, 0) is 0 Å². The monoisotopic (exact) mass is 151 g/mol. The molecule has 0 rings (SSSR count). The highest BCUT2D eigenvalue weighted by Gasteiger charge is 2.02. The Morgan fingerprint density at radius 2 is 2.22 bits per heavy atom. The molecule has 0 saturated heterocycles. The molecule has 5 heteroatoms. The summed E-state index contributed by atoms with van der Waals surface area (Å²) in [6.07, 6.45) is 0.351. The zero-order valence-electron chi connectivity index (χ0n) is 5.16. The molecule has 0 spiro atoms. The van der Waals surface area contributed by atoms with Crippen LogP contribution in [-0.2, 0) is 4.79 Å². The molecular weight excluding hydrogens is 141 g/mol. The van der Waals surface area contributed by atoms with Crippen LogP contribution < -0.4 is 5.32 Å². The molecule has 4 nitrogen and oxygen atoms in total. The summed E-state index contributed by atoms with van der Waals surface area (Å²) < 4.78 is 0. The van der Waals surface area contributed by atoms with E-state index >= 15 is 0 Å². The van der Waals surface area contributed by atoms with E-state index in [4.69, 9.17) is 9.79 Å². The van der Waals surface area contributed by atoms with Crippen molar-refractivity contribution in [1.29, 1.82) is 0 Å².